The van der Waals surface area contributed by atoms with Crippen molar-refractivity contribution in [1.29, 1.82) is 0 Å². The minimum atomic E-state index is -0.120. The molecule has 0 saturated heterocycles. The predicted octanol–water partition coefficient (Wildman–Crippen LogP) is 3.87. The van der Waals surface area contributed by atoms with Gasteiger partial charge in [0.2, 0.25) is 11.8 Å². The first kappa shape index (κ1) is 21.4. The average molecular weight is 397 g/mol. The molecule has 27 heavy (non-hydrogen) atoms. The molecule has 2 rings (SSSR count). The Labute approximate surface area is 165 Å². The van der Waals surface area contributed by atoms with E-state index in [-0.39, 0.29) is 23.7 Å². The first-order valence-electron chi connectivity index (χ1n) is 9.35. The Morgan fingerprint density at radius 3 is 2.11 bits per heavy atom. The smallest absolute Gasteiger partial charge is 0.227 e. The third-order valence-electron chi connectivity index (χ3n) is 4.89. The zero-order valence-corrected chi connectivity index (χ0v) is 17.2. The second-order valence-electron chi connectivity index (χ2n) is 7.36. The highest BCUT2D eigenvalue weighted by Crippen LogP contribution is 2.37. The lowest BCUT2D eigenvalue weighted by molar-refractivity contribution is -0.128. The molecular weight excluding hydrogens is 368 g/mol. The molecule has 0 heterocycles. The van der Waals surface area contributed by atoms with Crippen LogP contribution in [-0.4, -0.2) is 32.6 Å². The van der Waals surface area contributed by atoms with Crippen molar-refractivity contribution in [3.8, 4) is 11.5 Å². The maximum Gasteiger partial charge on any atom is 0.227 e. The van der Waals surface area contributed by atoms with Gasteiger partial charge in [0, 0.05) is 30.5 Å². The fourth-order valence-corrected chi connectivity index (χ4v) is 3.49. The molecular formula is C20H29ClN2O4. The highest BCUT2D eigenvalue weighted by atomic mass is 35.5. The molecule has 2 N–H and O–H groups in total. The first-order valence-corrected chi connectivity index (χ1v) is 9.73. The van der Waals surface area contributed by atoms with E-state index in [1.54, 1.807) is 12.1 Å². The Morgan fingerprint density at radius 1 is 1.04 bits per heavy atom. The van der Waals surface area contributed by atoms with Gasteiger partial charge < -0.3 is 20.1 Å². The summed E-state index contributed by atoms with van der Waals surface area (Å²) in [6.07, 6.45) is 2.84. The average Bonchev–Trinajstić information content (AvgIpc) is 2.67. The summed E-state index contributed by atoms with van der Waals surface area (Å²) in [5.74, 6) is 1.30. The van der Waals surface area contributed by atoms with Gasteiger partial charge in [-0.25, -0.2) is 0 Å². The Hall–Kier alpha value is -1.95. The lowest BCUT2D eigenvalue weighted by atomic mass is 9.81. The Balaban J connectivity index is 1.94. The fraction of sp³-hybridized carbons (Fsp3) is 0.600. The molecule has 1 fully saturated rings. The van der Waals surface area contributed by atoms with Crippen LogP contribution in [0.1, 0.15) is 39.5 Å². The van der Waals surface area contributed by atoms with Crippen molar-refractivity contribution >= 4 is 29.1 Å². The van der Waals surface area contributed by atoms with Crippen LogP contribution in [0.15, 0.2) is 12.1 Å². The van der Waals surface area contributed by atoms with Crippen LogP contribution >= 0.6 is 11.6 Å². The van der Waals surface area contributed by atoms with Gasteiger partial charge in [-0.15, -0.1) is 0 Å². The number of anilines is 1. The van der Waals surface area contributed by atoms with Crippen molar-refractivity contribution in [3.05, 3.63) is 17.2 Å². The van der Waals surface area contributed by atoms with Gasteiger partial charge in [0.1, 0.15) is 11.5 Å². The van der Waals surface area contributed by atoms with E-state index >= 15 is 0 Å². The maximum absolute atomic E-state index is 12.7. The lowest BCUT2D eigenvalue weighted by Crippen LogP contribution is -2.37. The monoisotopic (exact) mass is 396 g/mol. The summed E-state index contributed by atoms with van der Waals surface area (Å²) in [5, 5.41) is 6.32. The Bertz CT molecular complexity index is 670. The maximum atomic E-state index is 12.7. The van der Waals surface area contributed by atoms with Gasteiger partial charge in [-0.05, 0) is 31.6 Å². The molecule has 0 unspecified atom stereocenters. The predicted molar refractivity (Wildman–Crippen MR) is 106 cm³/mol. The SMILES string of the molecule is COc1cc(NC(=O)C2CCC(C(=O)NCC(C)C)CC2)c(OC)cc1Cl. The number of benzene rings is 1. The van der Waals surface area contributed by atoms with Gasteiger partial charge >= 0.3 is 0 Å². The van der Waals surface area contributed by atoms with E-state index in [2.05, 4.69) is 24.5 Å². The minimum absolute atomic E-state index is 0.00189. The molecule has 6 nitrogen and oxygen atoms in total. The van der Waals surface area contributed by atoms with Crippen molar-refractivity contribution in [3.63, 3.8) is 0 Å². The van der Waals surface area contributed by atoms with Crippen molar-refractivity contribution in [2.75, 3.05) is 26.1 Å². The summed E-state index contributed by atoms with van der Waals surface area (Å²) in [4.78, 5) is 24.9. The van der Waals surface area contributed by atoms with E-state index in [9.17, 15) is 9.59 Å². The molecule has 7 heteroatoms. The van der Waals surface area contributed by atoms with E-state index < -0.39 is 0 Å². The molecule has 0 aromatic heterocycles. The quantitative estimate of drug-likeness (QED) is 0.733. The largest absolute Gasteiger partial charge is 0.495 e. The molecule has 1 aliphatic carbocycles. The fourth-order valence-electron chi connectivity index (χ4n) is 3.26. The Morgan fingerprint density at radius 2 is 1.59 bits per heavy atom. The van der Waals surface area contributed by atoms with E-state index in [0.29, 0.717) is 47.5 Å². The molecule has 1 aromatic rings. The molecule has 2 amide bonds. The summed E-state index contributed by atoms with van der Waals surface area (Å²) in [5.41, 5.74) is 0.528. The van der Waals surface area contributed by atoms with E-state index in [4.69, 9.17) is 21.1 Å². The number of amides is 2. The molecule has 0 atom stereocenters. The molecule has 0 spiro atoms. The molecule has 0 aliphatic heterocycles. The van der Waals surface area contributed by atoms with Crippen molar-refractivity contribution < 1.29 is 19.1 Å². The zero-order chi connectivity index (χ0) is 20.0. The number of carbonyl (C=O) groups is 2. The van der Waals surface area contributed by atoms with Crippen LogP contribution in [0.4, 0.5) is 5.69 Å². The number of hydrogen-bond acceptors (Lipinski definition) is 4. The summed E-state index contributed by atoms with van der Waals surface area (Å²) in [6.45, 7) is 4.83. The minimum Gasteiger partial charge on any atom is -0.495 e. The topological polar surface area (TPSA) is 76.7 Å². The summed E-state index contributed by atoms with van der Waals surface area (Å²) < 4.78 is 10.5. The van der Waals surface area contributed by atoms with Crippen molar-refractivity contribution in [2.24, 2.45) is 17.8 Å². The number of methoxy groups -OCH3 is 2. The van der Waals surface area contributed by atoms with Crippen LogP contribution in [0.2, 0.25) is 5.02 Å². The van der Waals surface area contributed by atoms with E-state index in [1.165, 1.54) is 14.2 Å². The normalized spacial score (nSPS) is 19.5. The van der Waals surface area contributed by atoms with Gasteiger partial charge in [-0.1, -0.05) is 25.4 Å². The van der Waals surface area contributed by atoms with Gasteiger partial charge in [-0.2, -0.15) is 0 Å². The number of hydrogen-bond donors (Lipinski definition) is 2. The van der Waals surface area contributed by atoms with Gasteiger partial charge in [0.15, 0.2) is 0 Å². The van der Waals surface area contributed by atoms with Gasteiger partial charge in [0.05, 0.1) is 24.9 Å². The summed E-state index contributed by atoms with van der Waals surface area (Å²) in [7, 11) is 3.04. The third-order valence-corrected chi connectivity index (χ3v) is 5.18. The van der Waals surface area contributed by atoms with Gasteiger partial charge in [0.25, 0.3) is 0 Å². The summed E-state index contributed by atoms with van der Waals surface area (Å²) in [6, 6.07) is 3.27. The zero-order valence-electron chi connectivity index (χ0n) is 16.4. The van der Waals surface area contributed by atoms with Crippen LogP contribution in [-0.2, 0) is 9.59 Å². The van der Waals surface area contributed by atoms with Crippen LogP contribution in [0.5, 0.6) is 11.5 Å². The second-order valence-corrected chi connectivity index (χ2v) is 7.77. The molecule has 1 saturated carbocycles. The van der Waals surface area contributed by atoms with E-state index in [0.717, 1.165) is 12.8 Å². The van der Waals surface area contributed by atoms with Crippen LogP contribution < -0.4 is 20.1 Å². The number of rotatable bonds is 7. The molecule has 150 valence electrons. The van der Waals surface area contributed by atoms with Crippen LogP contribution in [0, 0.1) is 17.8 Å². The van der Waals surface area contributed by atoms with E-state index in [1.807, 2.05) is 0 Å². The molecule has 0 bridgehead atoms. The van der Waals surface area contributed by atoms with Crippen LogP contribution in [0.3, 0.4) is 0 Å². The van der Waals surface area contributed by atoms with Crippen molar-refractivity contribution in [1.82, 2.24) is 5.32 Å². The number of halogens is 1. The number of nitrogens with one attached hydrogen (secondary N) is 2. The molecule has 0 radical (unpaired) electrons. The highest BCUT2D eigenvalue weighted by Gasteiger charge is 2.30. The van der Waals surface area contributed by atoms with Gasteiger partial charge in [-0.3, -0.25) is 9.59 Å². The summed E-state index contributed by atoms with van der Waals surface area (Å²) >= 11 is 6.10. The van der Waals surface area contributed by atoms with Crippen LogP contribution in [0.25, 0.3) is 0 Å². The number of ether oxygens (including phenoxy) is 2. The third kappa shape index (κ3) is 5.76. The second kappa shape index (κ2) is 9.83. The lowest BCUT2D eigenvalue weighted by Gasteiger charge is -2.27. The number of carbonyl (C=O) groups excluding carboxylic acids is 2. The molecule has 1 aliphatic rings. The standard InChI is InChI=1S/C20H29ClN2O4/c1-12(2)11-22-19(24)13-5-7-14(8-6-13)20(25)23-16-10-17(26-3)15(21)9-18(16)27-4/h9-10,12-14H,5-8,11H2,1-4H3,(H,22,24)(H,23,25). The Kier molecular flexibility index (Phi) is 7.78. The molecule has 1 aromatic carbocycles. The first-order chi connectivity index (χ1) is 12.8. The van der Waals surface area contributed by atoms with Crippen molar-refractivity contribution in [2.45, 2.75) is 39.5 Å². The highest BCUT2D eigenvalue weighted by molar-refractivity contribution is 6.32.